The quantitative estimate of drug-likeness (QED) is 0.931. The third kappa shape index (κ3) is 2.81. The van der Waals surface area contributed by atoms with E-state index in [1.807, 2.05) is 31.3 Å². The van der Waals surface area contributed by atoms with E-state index in [4.69, 9.17) is 0 Å². The smallest absolute Gasteiger partial charge is 0.186 e. The molecule has 1 aromatic carbocycles. The van der Waals surface area contributed by atoms with Crippen LogP contribution in [0.3, 0.4) is 0 Å². The molecule has 0 spiro atoms. The van der Waals surface area contributed by atoms with Gasteiger partial charge in [0.25, 0.3) is 0 Å². The predicted molar refractivity (Wildman–Crippen MR) is 83.1 cm³/mol. The molecule has 0 bridgehead atoms. The van der Waals surface area contributed by atoms with E-state index in [-0.39, 0.29) is 0 Å². The van der Waals surface area contributed by atoms with Gasteiger partial charge in [0.2, 0.25) is 0 Å². The molecule has 1 fully saturated rings. The highest BCUT2D eigenvalue weighted by Gasteiger charge is 2.19. The molecule has 1 aliphatic heterocycles. The van der Waals surface area contributed by atoms with Crippen LogP contribution in [0.5, 0.6) is 0 Å². The average molecular weight is 281 g/mol. The van der Waals surface area contributed by atoms with E-state index in [2.05, 4.69) is 26.5 Å². The second kappa shape index (κ2) is 6.06. The Morgan fingerprint density at radius 3 is 2.81 bits per heavy atom. The number of anilines is 1. The topological polar surface area (TPSA) is 64.8 Å². The first-order chi connectivity index (χ1) is 10.3. The van der Waals surface area contributed by atoms with Crippen molar-refractivity contribution in [2.75, 3.05) is 31.6 Å². The van der Waals surface area contributed by atoms with Gasteiger partial charge < -0.3 is 10.2 Å². The molecular weight excluding hydrogens is 262 g/mol. The summed E-state index contributed by atoms with van der Waals surface area (Å²) in [7, 11) is 2.05. The first-order valence-electron chi connectivity index (χ1n) is 7.37. The summed E-state index contributed by atoms with van der Waals surface area (Å²) >= 11 is 0. The van der Waals surface area contributed by atoms with Gasteiger partial charge in [-0.25, -0.2) is 0 Å². The molecule has 2 heterocycles. The summed E-state index contributed by atoms with van der Waals surface area (Å²) in [6.07, 6.45) is 2.37. The molecule has 108 valence electrons. The van der Waals surface area contributed by atoms with E-state index in [1.165, 1.54) is 12.8 Å². The molecular formula is C16H19N5. The van der Waals surface area contributed by atoms with Crippen molar-refractivity contribution in [1.29, 1.82) is 5.26 Å². The maximum absolute atomic E-state index is 9.34. The fraction of sp³-hybridized carbons (Fsp3) is 0.438. The predicted octanol–water partition coefficient (Wildman–Crippen LogP) is 1.94. The van der Waals surface area contributed by atoms with Crippen molar-refractivity contribution < 1.29 is 0 Å². The van der Waals surface area contributed by atoms with Crippen molar-refractivity contribution in [3.63, 3.8) is 0 Å². The second-order valence-corrected chi connectivity index (χ2v) is 5.60. The van der Waals surface area contributed by atoms with Crippen molar-refractivity contribution in [2.45, 2.75) is 12.8 Å². The van der Waals surface area contributed by atoms with Crippen LogP contribution in [0, 0.1) is 17.2 Å². The fourth-order valence-corrected chi connectivity index (χ4v) is 3.04. The summed E-state index contributed by atoms with van der Waals surface area (Å²) in [5.41, 5.74) is 2.15. The first kappa shape index (κ1) is 13.8. The van der Waals surface area contributed by atoms with Gasteiger partial charge >= 0.3 is 0 Å². The number of nitrogens with one attached hydrogen (secondary N) is 1. The maximum Gasteiger partial charge on any atom is 0.186 e. The van der Waals surface area contributed by atoms with E-state index < -0.39 is 0 Å². The van der Waals surface area contributed by atoms with Crippen LogP contribution in [0.1, 0.15) is 18.5 Å². The van der Waals surface area contributed by atoms with Crippen LogP contribution in [0.4, 0.5) is 5.69 Å². The minimum absolute atomic E-state index is 0.408. The molecule has 5 nitrogen and oxygen atoms in total. The summed E-state index contributed by atoms with van der Waals surface area (Å²) in [5.74, 6) is 0.662. The van der Waals surface area contributed by atoms with Gasteiger partial charge in [0.15, 0.2) is 5.69 Å². The van der Waals surface area contributed by atoms with Gasteiger partial charge in [-0.1, -0.05) is 18.2 Å². The van der Waals surface area contributed by atoms with E-state index in [1.54, 1.807) is 0 Å². The minimum atomic E-state index is 0.408. The van der Waals surface area contributed by atoms with Gasteiger partial charge in [-0.2, -0.15) is 5.26 Å². The van der Waals surface area contributed by atoms with Crippen LogP contribution < -0.4 is 10.2 Å². The van der Waals surface area contributed by atoms with Crippen LogP contribution >= 0.6 is 0 Å². The molecule has 3 rings (SSSR count). The standard InChI is InChI=1S/C16H19N5/c1-21(11-12-6-8-18-9-7-12)16-13-4-2-3-5-14(13)19-20-15(16)10-17/h2-5,12,18H,6-9,11H2,1H3. The van der Waals surface area contributed by atoms with Gasteiger partial charge in [-0.15, -0.1) is 10.2 Å². The fourth-order valence-electron chi connectivity index (χ4n) is 3.04. The minimum Gasteiger partial charge on any atom is -0.371 e. The van der Waals surface area contributed by atoms with Gasteiger partial charge in [-0.05, 0) is 37.9 Å². The van der Waals surface area contributed by atoms with E-state index in [0.29, 0.717) is 11.6 Å². The van der Waals surface area contributed by atoms with Crippen LogP contribution in [-0.2, 0) is 0 Å². The van der Waals surface area contributed by atoms with Crippen LogP contribution in [0.25, 0.3) is 10.9 Å². The monoisotopic (exact) mass is 281 g/mol. The number of hydrogen-bond donors (Lipinski definition) is 1. The lowest BCUT2D eigenvalue weighted by molar-refractivity contribution is 0.378. The molecule has 5 heteroatoms. The maximum atomic E-state index is 9.34. The Morgan fingerprint density at radius 2 is 2.05 bits per heavy atom. The van der Waals surface area contributed by atoms with E-state index in [9.17, 15) is 5.26 Å². The van der Waals surface area contributed by atoms with Crippen molar-refractivity contribution in [2.24, 2.45) is 5.92 Å². The lowest BCUT2D eigenvalue weighted by Crippen LogP contribution is -2.35. The van der Waals surface area contributed by atoms with Gasteiger partial charge in [0.1, 0.15) is 6.07 Å². The van der Waals surface area contributed by atoms with Crippen molar-refractivity contribution in [3.8, 4) is 6.07 Å². The molecule has 0 saturated carbocycles. The first-order valence-corrected chi connectivity index (χ1v) is 7.37. The zero-order chi connectivity index (χ0) is 14.7. The summed E-state index contributed by atoms with van der Waals surface area (Å²) < 4.78 is 0. The summed E-state index contributed by atoms with van der Waals surface area (Å²) in [6, 6.07) is 10.1. The molecule has 0 amide bonds. The molecule has 0 unspecified atom stereocenters. The van der Waals surface area contributed by atoms with Gasteiger partial charge in [0.05, 0.1) is 11.2 Å². The molecule has 21 heavy (non-hydrogen) atoms. The average Bonchev–Trinajstić information content (AvgIpc) is 2.54. The lowest BCUT2D eigenvalue weighted by Gasteiger charge is -2.29. The Kier molecular flexibility index (Phi) is 3.98. The Morgan fingerprint density at radius 1 is 1.29 bits per heavy atom. The Labute approximate surface area is 124 Å². The van der Waals surface area contributed by atoms with Crippen LogP contribution in [0.15, 0.2) is 24.3 Å². The van der Waals surface area contributed by atoms with Crippen LogP contribution in [0.2, 0.25) is 0 Å². The zero-order valence-corrected chi connectivity index (χ0v) is 12.2. The SMILES string of the molecule is CN(CC1CCNCC1)c1c(C#N)nnc2ccccc12. The molecule has 1 aromatic heterocycles. The van der Waals surface area contributed by atoms with E-state index in [0.717, 1.165) is 36.2 Å². The van der Waals surface area contributed by atoms with Gasteiger partial charge in [0, 0.05) is 19.0 Å². The summed E-state index contributed by atoms with van der Waals surface area (Å²) in [5, 5.41) is 21.9. The highest BCUT2D eigenvalue weighted by atomic mass is 15.2. The third-order valence-corrected chi connectivity index (χ3v) is 4.12. The Hall–Kier alpha value is -2.19. The Bertz CT molecular complexity index is 670. The van der Waals surface area contributed by atoms with Gasteiger partial charge in [-0.3, -0.25) is 0 Å². The second-order valence-electron chi connectivity index (χ2n) is 5.60. The third-order valence-electron chi connectivity index (χ3n) is 4.12. The number of hydrogen-bond acceptors (Lipinski definition) is 5. The zero-order valence-electron chi connectivity index (χ0n) is 12.2. The summed E-state index contributed by atoms with van der Waals surface area (Å²) in [4.78, 5) is 2.17. The Balaban J connectivity index is 1.95. The number of nitrogens with zero attached hydrogens (tertiary/aromatic N) is 4. The number of fused-ring (bicyclic) bond motifs is 1. The molecule has 0 atom stereocenters. The van der Waals surface area contributed by atoms with Crippen LogP contribution in [-0.4, -0.2) is 36.9 Å². The van der Waals surface area contributed by atoms with Crippen molar-refractivity contribution >= 4 is 16.6 Å². The number of rotatable bonds is 3. The molecule has 0 aliphatic carbocycles. The normalized spacial score (nSPS) is 15.8. The van der Waals surface area contributed by atoms with Crippen molar-refractivity contribution in [3.05, 3.63) is 30.0 Å². The highest BCUT2D eigenvalue weighted by Crippen LogP contribution is 2.28. The number of aromatic nitrogens is 2. The number of nitriles is 1. The number of benzene rings is 1. The van der Waals surface area contributed by atoms with Crippen molar-refractivity contribution in [1.82, 2.24) is 15.5 Å². The largest absolute Gasteiger partial charge is 0.371 e. The summed E-state index contributed by atoms with van der Waals surface area (Å²) in [6.45, 7) is 3.12. The molecule has 1 saturated heterocycles. The lowest BCUT2D eigenvalue weighted by atomic mass is 9.97. The number of piperidine rings is 1. The molecule has 1 N–H and O–H groups in total. The van der Waals surface area contributed by atoms with E-state index >= 15 is 0 Å². The molecule has 2 aromatic rings. The molecule has 0 radical (unpaired) electrons. The highest BCUT2D eigenvalue weighted by molar-refractivity contribution is 5.93. The molecule has 1 aliphatic rings.